The van der Waals surface area contributed by atoms with Crippen molar-refractivity contribution in [1.82, 2.24) is 0 Å². The van der Waals surface area contributed by atoms with E-state index in [-0.39, 0.29) is 9.04 Å². The minimum atomic E-state index is -1.11. The lowest BCUT2D eigenvalue weighted by Crippen LogP contribution is -2.25. The molecule has 6 nitrogen and oxygen atoms in total. The summed E-state index contributed by atoms with van der Waals surface area (Å²) in [5, 5.41) is 2.50. The Morgan fingerprint density at radius 2 is 1.54 bits per heavy atom. The molecule has 2 rings (SSSR count). The zero-order chi connectivity index (χ0) is 18.6. The molecule has 140 valence electrons. The second-order valence-electron chi connectivity index (χ2n) is 5.84. The van der Waals surface area contributed by atoms with Crippen LogP contribution in [-0.2, 0) is 21.8 Å². The first-order chi connectivity index (χ1) is 12.7. The fourth-order valence-corrected chi connectivity index (χ4v) is 11.1. The van der Waals surface area contributed by atoms with Crippen molar-refractivity contribution < 1.29 is 26.6 Å². The van der Waals surface area contributed by atoms with Gasteiger partial charge >= 0.3 is 19.7 Å². The average molecular weight is 457 g/mol. The molecule has 0 saturated heterocycles. The zero-order valence-electron chi connectivity index (χ0n) is 15.1. The van der Waals surface area contributed by atoms with Crippen molar-refractivity contribution in [3.8, 4) is 11.5 Å². The fraction of sp³-hybridized carbons (Fsp3) is 0.143. The maximum absolute atomic E-state index is 10.4. The number of rotatable bonds is 12. The molecule has 0 aliphatic heterocycles. The largest absolute Gasteiger partial charge is 0.582 e. The predicted octanol–water partition coefficient (Wildman–Crippen LogP) is -2.36. The highest BCUT2D eigenvalue weighted by atomic mass is 29.2. The number of hydrogen-bond donors (Lipinski definition) is 0. The summed E-state index contributed by atoms with van der Waals surface area (Å²) in [6.07, 6.45) is 0. The quantitative estimate of drug-likeness (QED) is 0.154. The van der Waals surface area contributed by atoms with E-state index in [1.165, 1.54) is 5.19 Å². The minimum absolute atomic E-state index is 0.320. The van der Waals surface area contributed by atoms with Gasteiger partial charge in [0.25, 0.3) is 0 Å². The molecule has 0 spiro atoms. The summed E-state index contributed by atoms with van der Waals surface area (Å²) in [7, 11) is -4.80. The van der Waals surface area contributed by atoms with E-state index in [1.807, 2.05) is 36.4 Å². The van der Waals surface area contributed by atoms with Crippen LogP contribution in [0.3, 0.4) is 0 Å². The van der Waals surface area contributed by atoms with Crippen LogP contribution >= 0.6 is 0 Å². The summed E-state index contributed by atoms with van der Waals surface area (Å²) in [5.41, 5.74) is 0. The third-order valence-electron chi connectivity index (χ3n) is 3.33. The minimum Gasteiger partial charge on any atom is -0.582 e. The summed E-state index contributed by atoms with van der Waals surface area (Å²) in [6, 6.07) is 16.0. The first-order valence-corrected chi connectivity index (χ1v) is 19.9. The van der Waals surface area contributed by atoms with Crippen LogP contribution in [0.4, 0.5) is 0 Å². The Morgan fingerprint density at radius 3 is 2.12 bits per heavy atom. The molecular weight excluding hydrogens is 433 g/mol. The topological polar surface area (TPSA) is 63.2 Å². The van der Waals surface area contributed by atoms with Gasteiger partial charge in [-0.1, -0.05) is 29.5 Å². The molecule has 0 radical (unpaired) electrons. The Bertz CT molecular complexity index is 654. The van der Waals surface area contributed by atoms with Gasteiger partial charge in [-0.3, -0.25) is 9.15 Å². The third kappa shape index (κ3) is 8.60. The lowest BCUT2D eigenvalue weighted by Gasteiger charge is -2.08. The highest BCUT2D eigenvalue weighted by molar-refractivity contribution is 7.05. The summed E-state index contributed by atoms with van der Waals surface area (Å²) in [4.78, 5) is 0. The SMILES string of the molecule is C[SiH](C)OO[SiH2]O[SiH2][SiH2]c1ccc(Oc2ccc([SiH2]O[SiH]=O)cc2)cc1. The standard InChI is InChI=1S/C14H24O6Si6/c1-26(2)18-17-24-20-25-22-14-9-5-12(6-10-14)16-11-3-7-13(8-4-11)21-19-23-15/h3-10,23,26H,21-22,24-25H2,1-2H3. The predicted molar refractivity (Wildman–Crippen MR) is 117 cm³/mol. The molecule has 0 unspecified atom stereocenters. The highest BCUT2D eigenvalue weighted by Crippen LogP contribution is 2.18. The molecule has 0 aromatic heterocycles. The first-order valence-electron chi connectivity index (χ1n) is 8.44. The molecule has 0 aliphatic rings. The van der Waals surface area contributed by atoms with E-state index in [0.29, 0.717) is 0 Å². The molecule has 0 fully saturated rings. The summed E-state index contributed by atoms with van der Waals surface area (Å²) >= 11 is 0. The van der Waals surface area contributed by atoms with Gasteiger partial charge in [0.15, 0.2) is 0 Å². The molecule has 0 amide bonds. The van der Waals surface area contributed by atoms with Gasteiger partial charge < -0.3 is 17.4 Å². The van der Waals surface area contributed by atoms with Gasteiger partial charge in [0.2, 0.25) is 18.8 Å². The Hall–Kier alpha value is -0.979. The van der Waals surface area contributed by atoms with Gasteiger partial charge in [-0.25, -0.2) is 0 Å². The van der Waals surface area contributed by atoms with Crippen LogP contribution in [0.2, 0.25) is 13.1 Å². The number of ether oxygens (including phenoxy) is 1. The van der Waals surface area contributed by atoms with Gasteiger partial charge in [-0.15, -0.1) is 0 Å². The maximum atomic E-state index is 10.4. The third-order valence-corrected chi connectivity index (χ3v) is 14.4. The van der Waals surface area contributed by atoms with Gasteiger partial charge in [0.05, 0.1) is 9.04 Å². The van der Waals surface area contributed by atoms with E-state index in [0.717, 1.165) is 16.7 Å². The lowest BCUT2D eigenvalue weighted by molar-refractivity contribution is -0.114. The summed E-state index contributed by atoms with van der Waals surface area (Å²) < 4.78 is 37.4. The maximum Gasteiger partial charge on any atom is 0.472 e. The first kappa shape index (κ1) is 21.3. The fourth-order valence-electron chi connectivity index (χ4n) is 2.09. The van der Waals surface area contributed by atoms with Gasteiger partial charge in [0, 0.05) is 0 Å². The van der Waals surface area contributed by atoms with Crippen LogP contribution in [0.1, 0.15) is 0 Å². The average Bonchev–Trinajstić information content (AvgIpc) is 2.65. The molecule has 0 saturated carbocycles. The second kappa shape index (κ2) is 12.4. The molecule has 0 heterocycles. The van der Waals surface area contributed by atoms with Crippen LogP contribution in [0.25, 0.3) is 0 Å². The smallest absolute Gasteiger partial charge is 0.472 e. The Labute approximate surface area is 166 Å². The zero-order valence-corrected chi connectivity index (χ0v) is 23.0. The monoisotopic (exact) mass is 456 g/mol. The van der Waals surface area contributed by atoms with Crippen LogP contribution in [0, 0.1) is 0 Å². The van der Waals surface area contributed by atoms with E-state index in [1.54, 1.807) is 0 Å². The molecule has 2 aromatic carbocycles. The van der Waals surface area contributed by atoms with Gasteiger partial charge in [0.1, 0.15) is 20.8 Å². The van der Waals surface area contributed by atoms with Gasteiger partial charge in [-0.2, -0.15) is 0 Å². The van der Waals surface area contributed by atoms with E-state index in [4.69, 9.17) is 22.1 Å². The second-order valence-corrected chi connectivity index (χ2v) is 17.3. The van der Waals surface area contributed by atoms with Crippen LogP contribution in [0.15, 0.2) is 48.5 Å². The van der Waals surface area contributed by atoms with Crippen LogP contribution < -0.4 is 15.1 Å². The van der Waals surface area contributed by atoms with Crippen LogP contribution in [0.5, 0.6) is 11.5 Å². The lowest BCUT2D eigenvalue weighted by atomic mass is 10.3. The van der Waals surface area contributed by atoms with Crippen molar-refractivity contribution in [2.45, 2.75) is 13.1 Å². The molecule has 26 heavy (non-hydrogen) atoms. The van der Waals surface area contributed by atoms with Crippen molar-refractivity contribution in [1.29, 1.82) is 0 Å². The Kier molecular flexibility index (Phi) is 10.2. The van der Waals surface area contributed by atoms with Crippen molar-refractivity contribution in [3.63, 3.8) is 0 Å². The molecule has 0 N–H and O–H groups in total. The van der Waals surface area contributed by atoms with Crippen molar-refractivity contribution in [3.05, 3.63) is 48.5 Å². The van der Waals surface area contributed by atoms with E-state index < -0.39 is 47.7 Å². The van der Waals surface area contributed by atoms with E-state index >= 15 is 0 Å². The Balaban J connectivity index is 1.72. The Morgan fingerprint density at radius 1 is 0.923 bits per heavy atom. The highest BCUT2D eigenvalue weighted by Gasteiger charge is 2.02. The van der Waals surface area contributed by atoms with Gasteiger partial charge in [-0.05, 0) is 42.5 Å². The van der Waals surface area contributed by atoms with Crippen molar-refractivity contribution in [2.75, 3.05) is 0 Å². The van der Waals surface area contributed by atoms with Crippen molar-refractivity contribution in [2.24, 2.45) is 0 Å². The molecule has 0 aliphatic carbocycles. The summed E-state index contributed by atoms with van der Waals surface area (Å²) in [6.45, 7) is 4.15. The van der Waals surface area contributed by atoms with Crippen molar-refractivity contribution >= 4 is 67.2 Å². The normalized spacial score (nSPS) is 12.6. The summed E-state index contributed by atoms with van der Waals surface area (Å²) in [5.74, 6) is 1.61. The molecular formula is C14H24O6Si6. The molecule has 12 heteroatoms. The van der Waals surface area contributed by atoms with E-state index in [2.05, 4.69) is 25.2 Å². The molecule has 0 atom stereocenters. The molecule has 0 bridgehead atoms. The van der Waals surface area contributed by atoms with Crippen LogP contribution in [-0.4, -0.2) is 56.8 Å². The molecule has 2 aromatic rings. The number of hydrogen-bond acceptors (Lipinski definition) is 6. The van der Waals surface area contributed by atoms with E-state index in [9.17, 15) is 4.46 Å². The number of benzene rings is 2.